The predicted molar refractivity (Wildman–Crippen MR) is 68.4 cm³/mol. The Bertz CT molecular complexity index is 685. The first kappa shape index (κ1) is 9.84. The van der Waals surface area contributed by atoms with Gasteiger partial charge in [0.2, 0.25) is 0 Å². The zero-order valence-electron chi connectivity index (χ0n) is 9.46. The van der Waals surface area contributed by atoms with Crippen molar-refractivity contribution in [2.45, 2.75) is 0 Å². The molecule has 0 aliphatic heterocycles. The van der Waals surface area contributed by atoms with Gasteiger partial charge in [-0.05, 0) is 24.3 Å². The van der Waals surface area contributed by atoms with Gasteiger partial charge in [0.1, 0.15) is 11.5 Å². The van der Waals surface area contributed by atoms with Crippen molar-refractivity contribution in [2.24, 2.45) is 7.05 Å². The molecule has 2 N–H and O–H groups in total. The van der Waals surface area contributed by atoms with Crippen LogP contribution in [0.25, 0.3) is 22.6 Å². The van der Waals surface area contributed by atoms with E-state index in [-0.39, 0.29) is 0 Å². The van der Waals surface area contributed by atoms with E-state index in [1.165, 1.54) is 0 Å². The lowest BCUT2D eigenvalue weighted by atomic mass is 10.3. The number of hydrogen-bond donors (Lipinski definition) is 1. The third-order valence-electron chi connectivity index (χ3n) is 2.79. The summed E-state index contributed by atoms with van der Waals surface area (Å²) in [6.45, 7) is 0. The summed E-state index contributed by atoms with van der Waals surface area (Å²) in [6, 6.07) is 13.6. The van der Waals surface area contributed by atoms with Crippen LogP contribution in [-0.2, 0) is 7.05 Å². The fourth-order valence-electron chi connectivity index (χ4n) is 1.95. The van der Waals surface area contributed by atoms with E-state index in [0.29, 0.717) is 5.82 Å². The minimum absolute atomic E-state index is 0.509. The lowest BCUT2D eigenvalue weighted by molar-refractivity contribution is 0.951. The number of aryl methyl sites for hydroxylation is 1. The molecule has 0 radical (unpaired) electrons. The number of aromatic nitrogens is 3. The van der Waals surface area contributed by atoms with Crippen LogP contribution in [0.2, 0.25) is 0 Å². The van der Waals surface area contributed by atoms with Gasteiger partial charge in [0.15, 0.2) is 5.82 Å². The molecule has 2 aromatic heterocycles. The normalized spacial score (nSPS) is 10.9. The van der Waals surface area contributed by atoms with Crippen LogP contribution in [0.5, 0.6) is 0 Å². The highest BCUT2D eigenvalue weighted by Crippen LogP contribution is 2.22. The first-order chi connectivity index (χ1) is 8.25. The molecule has 0 unspecified atom stereocenters. The van der Waals surface area contributed by atoms with E-state index in [0.717, 1.165) is 22.6 Å². The second kappa shape index (κ2) is 3.59. The molecule has 4 heteroatoms. The van der Waals surface area contributed by atoms with Crippen molar-refractivity contribution < 1.29 is 0 Å². The van der Waals surface area contributed by atoms with Gasteiger partial charge in [-0.25, -0.2) is 9.97 Å². The fraction of sp³-hybridized carbons (Fsp3) is 0.0769. The molecule has 0 atom stereocenters. The Morgan fingerprint density at radius 2 is 1.82 bits per heavy atom. The number of pyridine rings is 1. The Hall–Kier alpha value is -2.36. The summed E-state index contributed by atoms with van der Waals surface area (Å²) in [5.41, 5.74) is 8.54. The second-order valence-corrected chi connectivity index (χ2v) is 3.93. The largest absolute Gasteiger partial charge is 0.384 e. The van der Waals surface area contributed by atoms with Crippen molar-refractivity contribution in [3.8, 4) is 11.5 Å². The predicted octanol–water partition coefficient (Wildman–Crippen LogP) is 2.22. The van der Waals surface area contributed by atoms with E-state index in [1.54, 1.807) is 6.07 Å². The molecule has 17 heavy (non-hydrogen) atoms. The number of benzene rings is 1. The molecular weight excluding hydrogens is 212 g/mol. The molecule has 2 heterocycles. The van der Waals surface area contributed by atoms with Crippen molar-refractivity contribution in [2.75, 3.05) is 5.73 Å². The molecule has 0 amide bonds. The monoisotopic (exact) mass is 224 g/mol. The molecule has 0 saturated carbocycles. The second-order valence-electron chi connectivity index (χ2n) is 3.93. The molecule has 3 rings (SSSR count). The maximum Gasteiger partial charge on any atom is 0.159 e. The average molecular weight is 224 g/mol. The molecule has 0 bridgehead atoms. The van der Waals surface area contributed by atoms with E-state index >= 15 is 0 Å². The minimum Gasteiger partial charge on any atom is -0.384 e. The SMILES string of the molecule is Cn1c(-c2cccc(N)n2)nc2ccccc21. The molecule has 3 aromatic rings. The Balaban J connectivity index is 2.27. The number of nitrogens with two attached hydrogens (primary N) is 1. The van der Waals surface area contributed by atoms with Gasteiger partial charge < -0.3 is 10.3 Å². The van der Waals surface area contributed by atoms with Gasteiger partial charge >= 0.3 is 0 Å². The van der Waals surface area contributed by atoms with Gasteiger partial charge in [0.25, 0.3) is 0 Å². The van der Waals surface area contributed by atoms with Crippen LogP contribution >= 0.6 is 0 Å². The van der Waals surface area contributed by atoms with Gasteiger partial charge in [-0.1, -0.05) is 18.2 Å². The van der Waals surface area contributed by atoms with Crippen LogP contribution in [-0.4, -0.2) is 14.5 Å². The number of para-hydroxylation sites is 2. The Kier molecular flexibility index (Phi) is 2.08. The van der Waals surface area contributed by atoms with Crippen LogP contribution in [0.1, 0.15) is 0 Å². The number of nitrogen functional groups attached to an aromatic ring is 1. The highest BCUT2D eigenvalue weighted by atomic mass is 15.1. The summed E-state index contributed by atoms with van der Waals surface area (Å²) < 4.78 is 2.02. The van der Waals surface area contributed by atoms with E-state index in [4.69, 9.17) is 5.73 Å². The molecule has 0 saturated heterocycles. The molecule has 84 valence electrons. The van der Waals surface area contributed by atoms with Gasteiger partial charge in [-0.2, -0.15) is 0 Å². The Labute approximate surface area is 98.7 Å². The Morgan fingerprint density at radius 3 is 2.59 bits per heavy atom. The van der Waals surface area contributed by atoms with Crippen molar-refractivity contribution >= 4 is 16.9 Å². The first-order valence-electron chi connectivity index (χ1n) is 5.40. The number of nitrogens with zero attached hydrogens (tertiary/aromatic N) is 3. The summed E-state index contributed by atoms with van der Waals surface area (Å²) in [4.78, 5) is 8.86. The fourth-order valence-corrected chi connectivity index (χ4v) is 1.95. The standard InChI is InChI=1S/C13H12N4/c1-17-11-7-3-2-5-9(11)16-13(17)10-6-4-8-12(14)15-10/h2-8H,1H3,(H2,14,15). The van der Waals surface area contributed by atoms with Crippen LogP contribution in [0, 0.1) is 0 Å². The smallest absolute Gasteiger partial charge is 0.159 e. The zero-order valence-corrected chi connectivity index (χ0v) is 9.46. The average Bonchev–Trinajstić information content (AvgIpc) is 2.68. The van der Waals surface area contributed by atoms with Crippen LogP contribution < -0.4 is 5.73 Å². The van der Waals surface area contributed by atoms with Gasteiger partial charge in [0.05, 0.1) is 11.0 Å². The van der Waals surface area contributed by atoms with Crippen molar-refractivity contribution in [3.05, 3.63) is 42.5 Å². The zero-order chi connectivity index (χ0) is 11.8. The number of rotatable bonds is 1. The van der Waals surface area contributed by atoms with E-state index in [1.807, 2.05) is 48.0 Å². The topological polar surface area (TPSA) is 56.7 Å². The number of anilines is 1. The van der Waals surface area contributed by atoms with Gasteiger partial charge in [-0.15, -0.1) is 0 Å². The van der Waals surface area contributed by atoms with Gasteiger partial charge in [0, 0.05) is 7.05 Å². The Morgan fingerprint density at radius 1 is 1.00 bits per heavy atom. The molecule has 4 nitrogen and oxygen atoms in total. The van der Waals surface area contributed by atoms with Crippen molar-refractivity contribution in [3.63, 3.8) is 0 Å². The highest BCUT2D eigenvalue weighted by molar-refractivity contribution is 5.79. The van der Waals surface area contributed by atoms with Crippen LogP contribution in [0.4, 0.5) is 5.82 Å². The van der Waals surface area contributed by atoms with Crippen LogP contribution in [0.15, 0.2) is 42.5 Å². The third-order valence-corrected chi connectivity index (χ3v) is 2.79. The molecule has 0 aliphatic carbocycles. The maximum absolute atomic E-state index is 5.69. The van der Waals surface area contributed by atoms with E-state index < -0.39 is 0 Å². The summed E-state index contributed by atoms with van der Waals surface area (Å²) in [6.07, 6.45) is 0. The molecule has 0 aliphatic rings. The first-order valence-corrected chi connectivity index (χ1v) is 5.40. The van der Waals surface area contributed by atoms with Gasteiger partial charge in [-0.3, -0.25) is 0 Å². The summed E-state index contributed by atoms with van der Waals surface area (Å²) >= 11 is 0. The quantitative estimate of drug-likeness (QED) is 0.689. The number of hydrogen-bond acceptors (Lipinski definition) is 3. The number of imidazole rings is 1. The lowest BCUT2D eigenvalue weighted by Gasteiger charge is -2.02. The molecule has 1 aromatic carbocycles. The number of fused-ring (bicyclic) bond motifs is 1. The summed E-state index contributed by atoms with van der Waals surface area (Å²) in [5.74, 6) is 1.34. The molecule has 0 fully saturated rings. The van der Waals surface area contributed by atoms with Crippen LogP contribution in [0.3, 0.4) is 0 Å². The van der Waals surface area contributed by atoms with Crippen molar-refractivity contribution in [1.29, 1.82) is 0 Å². The third kappa shape index (κ3) is 1.54. The highest BCUT2D eigenvalue weighted by Gasteiger charge is 2.10. The van der Waals surface area contributed by atoms with E-state index in [2.05, 4.69) is 9.97 Å². The maximum atomic E-state index is 5.69. The summed E-state index contributed by atoms with van der Waals surface area (Å²) in [7, 11) is 1.98. The van der Waals surface area contributed by atoms with Crippen molar-refractivity contribution in [1.82, 2.24) is 14.5 Å². The lowest BCUT2D eigenvalue weighted by Crippen LogP contribution is -1.97. The molecule has 0 spiro atoms. The minimum atomic E-state index is 0.509. The molecular formula is C13H12N4. The summed E-state index contributed by atoms with van der Waals surface area (Å²) in [5, 5.41) is 0. The van der Waals surface area contributed by atoms with E-state index in [9.17, 15) is 0 Å².